The lowest BCUT2D eigenvalue weighted by Crippen LogP contribution is -2.22. The van der Waals surface area contributed by atoms with Gasteiger partial charge in [0.15, 0.2) is 0 Å². The summed E-state index contributed by atoms with van der Waals surface area (Å²) in [5.41, 5.74) is 3.64. The highest BCUT2D eigenvalue weighted by Gasteiger charge is 2.31. The molecule has 1 atom stereocenters. The Kier molecular flexibility index (Phi) is 4.01. The predicted molar refractivity (Wildman–Crippen MR) is 97.8 cm³/mol. The number of hydrogen-bond donors (Lipinski definition) is 1. The Morgan fingerprint density at radius 1 is 1.16 bits per heavy atom. The fraction of sp³-hybridized carbons (Fsp3) is 0.150. The lowest BCUT2D eigenvalue weighted by atomic mass is 9.88. The molecule has 0 bridgehead atoms. The Morgan fingerprint density at radius 2 is 1.92 bits per heavy atom. The number of fused-ring (bicyclic) bond motifs is 1. The number of rotatable bonds is 3. The largest absolute Gasteiger partial charge is 0.496 e. The van der Waals surface area contributed by atoms with Crippen LogP contribution in [0.3, 0.4) is 0 Å². The van der Waals surface area contributed by atoms with Crippen molar-refractivity contribution in [2.45, 2.75) is 12.3 Å². The first-order valence-electron chi connectivity index (χ1n) is 7.97. The number of amides is 1. The molecule has 1 unspecified atom stereocenters. The molecular formula is C20H16FNO2S. The number of benzene rings is 2. The molecule has 0 saturated carbocycles. The van der Waals surface area contributed by atoms with Crippen molar-refractivity contribution in [2.75, 3.05) is 12.4 Å². The van der Waals surface area contributed by atoms with Crippen molar-refractivity contribution in [1.82, 2.24) is 0 Å². The summed E-state index contributed by atoms with van der Waals surface area (Å²) in [6.45, 7) is 0. The number of ether oxygens (including phenoxy) is 1. The monoisotopic (exact) mass is 353 g/mol. The van der Waals surface area contributed by atoms with Crippen molar-refractivity contribution in [3.8, 4) is 16.9 Å². The molecule has 1 aromatic heterocycles. The number of carbonyl (C=O) groups is 1. The molecule has 4 rings (SSSR count). The zero-order valence-corrected chi connectivity index (χ0v) is 14.4. The van der Waals surface area contributed by atoms with Crippen LogP contribution in [0.25, 0.3) is 11.1 Å². The number of methoxy groups -OCH3 is 1. The number of nitrogens with one attached hydrogen (secondary N) is 1. The highest BCUT2D eigenvalue weighted by molar-refractivity contribution is 7.11. The fourth-order valence-corrected chi connectivity index (χ4v) is 4.43. The van der Waals surface area contributed by atoms with E-state index in [1.165, 1.54) is 12.1 Å². The summed E-state index contributed by atoms with van der Waals surface area (Å²) >= 11 is 1.61. The molecule has 0 radical (unpaired) electrons. The van der Waals surface area contributed by atoms with Gasteiger partial charge in [0.05, 0.1) is 12.8 Å². The van der Waals surface area contributed by atoms with E-state index in [4.69, 9.17) is 4.74 Å². The van der Waals surface area contributed by atoms with Crippen LogP contribution in [0, 0.1) is 5.82 Å². The summed E-state index contributed by atoms with van der Waals surface area (Å²) in [4.78, 5) is 13.4. The van der Waals surface area contributed by atoms with Gasteiger partial charge in [-0.1, -0.05) is 30.3 Å². The Bertz CT molecular complexity index is 933. The molecule has 0 spiro atoms. The Hall–Kier alpha value is -2.66. The minimum atomic E-state index is -0.274. The average Bonchev–Trinajstić information content (AvgIpc) is 3.05. The molecule has 126 valence electrons. The van der Waals surface area contributed by atoms with Crippen LogP contribution in [0.1, 0.15) is 22.8 Å². The van der Waals surface area contributed by atoms with Crippen molar-refractivity contribution in [1.29, 1.82) is 0 Å². The van der Waals surface area contributed by atoms with E-state index in [2.05, 4.69) is 5.32 Å². The first-order chi connectivity index (χ1) is 12.2. The summed E-state index contributed by atoms with van der Waals surface area (Å²) in [6, 6.07) is 14.1. The summed E-state index contributed by atoms with van der Waals surface area (Å²) in [5.74, 6) is 0.443. The molecule has 0 aliphatic carbocycles. The molecule has 0 fully saturated rings. The van der Waals surface area contributed by atoms with Gasteiger partial charge in [0.1, 0.15) is 11.6 Å². The third-order valence-electron chi connectivity index (χ3n) is 4.46. The molecule has 1 aliphatic rings. The quantitative estimate of drug-likeness (QED) is 0.717. The topological polar surface area (TPSA) is 38.3 Å². The molecule has 3 nitrogen and oxygen atoms in total. The van der Waals surface area contributed by atoms with Gasteiger partial charge < -0.3 is 10.1 Å². The smallest absolute Gasteiger partial charge is 0.225 e. The number of carbonyl (C=O) groups excluding carboxylic acids is 1. The maximum atomic E-state index is 13.2. The van der Waals surface area contributed by atoms with E-state index in [1.54, 1.807) is 30.6 Å². The van der Waals surface area contributed by atoms with Crippen LogP contribution < -0.4 is 10.1 Å². The van der Waals surface area contributed by atoms with Crippen LogP contribution in [-0.2, 0) is 4.79 Å². The van der Waals surface area contributed by atoms with Crippen LogP contribution in [-0.4, -0.2) is 13.0 Å². The van der Waals surface area contributed by atoms with E-state index in [9.17, 15) is 9.18 Å². The third-order valence-corrected chi connectivity index (χ3v) is 5.56. The predicted octanol–water partition coefficient (Wildman–Crippen LogP) is 5.04. The molecule has 3 aromatic rings. The number of hydrogen-bond acceptors (Lipinski definition) is 3. The molecule has 1 aliphatic heterocycles. The molecule has 0 saturated heterocycles. The maximum Gasteiger partial charge on any atom is 0.225 e. The van der Waals surface area contributed by atoms with Gasteiger partial charge in [0.25, 0.3) is 0 Å². The van der Waals surface area contributed by atoms with Crippen molar-refractivity contribution in [3.05, 3.63) is 70.2 Å². The van der Waals surface area contributed by atoms with Crippen LogP contribution in [0.4, 0.5) is 10.1 Å². The Balaban J connectivity index is 1.83. The Morgan fingerprint density at radius 3 is 2.68 bits per heavy atom. The van der Waals surface area contributed by atoms with Crippen molar-refractivity contribution >= 4 is 22.9 Å². The summed E-state index contributed by atoms with van der Waals surface area (Å²) < 4.78 is 18.7. The lowest BCUT2D eigenvalue weighted by Gasteiger charge is -2.25. The van der Waals surface area contributed by atoms with E-state index in [-0.39, 0.29) is 17.6 Å². The number of para-hydroxylation sites is 1. The van der Waals surface area contributed by atoms with E-state index >= 15 is 0 Å². The zero-order valence-electron chi connectivity index (χ0n) is 13.6. The van der Waals surface area contributed by atoms with Crippen LogP contribution in [0.5, 0.6) is 5.75 Å². The zero-order chi connectivity index (χ0) is 17.4. The number of halogens is 1. The van der Waals surface area contributed by atoms with E-state index in [0.717, 1.165) is 33.0 Å². The third kappa shape index (κ3) is 2.81. The first-order valence-corrected chi connectivity index (χ1v) is 8.85. The van der Waals surface area contributed by atoms with Gasteiger partial charge in [-0.2, -0.15) is 0 Å². The maximum absolute atomic E-state index is 13.2. The average molecular weight is 353 g/mol. The van der Waals surface area contributed by atoms with Gasteiger partial charge in [-0.05, 0) is 23.8 Å². The molecular weight excluding hydrogens is 337 g/mol. The molecule has 1 amide bonds. The van der Waals surface area contributed by atoms with Crippen LogP contribution in [0.15, 0.2) is 53.9 Å². The Labute approximate surface area is 149 Å². The molecule has 1 N–H and O–H groups in total. The van der Waals surface area contributed by atoms with E-state index < -0.39 is 0 Å². The van der Waals surface area contributed by atoms with Gasteiger partial charge in [-0.3, -0.25) is 4.79 Å². The second-order valence-corrected chi connectivity index (χ2v) is 6.85. The van der Waals surface area contributed by atoms with E-state index in [0.29, 0.717) is 6.42 Å². The van der Waals surface area contributed by atoms with Crippen LogP contribution in [0.2, 0.25) is 0 Å². The summed E-state index contributed by atoms with van der Waals surface area (Å²) in [7, 11) is 1.64. The molecule has 25 heavy (non-hydrogen) atoms. The number of anilines is 1. The highest BCUT2D eigenvalue weighted by Crippen LogP contribution is 2.48. The standard InChI is InChI=1S/C20H16FNO2S/c1-24-17-5-3-2-4-14(17)15-10-18(23)22-19-16(11-25-20(15)19)12-6-8-13(21)9-7-12/h2-9,11,15H,10H2,1H3,(H,22,23). The lowest BCUT2D eigenvalue weighted by molar-refractivity contribution is -0.116. The second-order valence-electron chi connectivity index (χ2n) is 5.94. The normalized spacial score (nSPS) is 16.2. The second kappa shape index (κ2) is 6.33. The van der Waals surface area contributed by atoms with Crippen molar-refractivity contribution in [3.63, 3.8) is 0 Å². The van der Waals surface area contributed by atoms with Gasteiger partial charge in [0.2, 0.25) is 5.91 Å². The van der Waals surface area contributed by atoms with Gasteiger partial charge in [0, 0.05) is 33.7 Å². The van der Waals surface area contributed by atoms with Crippen molar-refractivity contribution < 1.29 is 13.9 Å². The van der Waals surface area contributed by atoms with Crippen molar-refractivity contribution in [2.24, 2.45) is 0 Å². The first kappa shape index (κ1) is 15.8. The molecule has 5 heteroatoms. The summed E-state index contributed by atoms with van der Waals surface area (Å²) in [6.07, 6.45) is 0.386. The highest BCUT2D eigenvalue weighted by atomic mass is 32.1. The minimum Gasteiger partial charge on any atom is -0.496 e. The van der Waals surface area contributed by atoms with Crippen LogP contribution >= 0.6 is 11.3 Å². The van der Waals surface area contributed by atoms with E-state index in [1.807, 2.05) is 29.6 Å². The van der Waals surface area contributed by atoms with Gasteiger partial charge in [-0.25, -0.2) is 4.39 Å². The SMILES string of the molecule is COc1ccccc1C1CC(=O)Nc2c(-c3ccc(F)cc3)csc21. The van der Waals surface area contributed by atoms with Gasteiger partial charge in [-0.15, -0.1) is 11.3 Å². The summed E-state index contributed by atoms with van der Waals surface area (Å²) in [5, 5.41) is 5.02. The fourth-order valence-electron chi connectivity index (χ4n) is 3.27. The number of thiophene rings is 1. The van der Waals surface area contributed by atoms with Gasteiger partial charge >= 0.3 is 0 Å². The molecule has 2 aromatic carbocycles. The molecule has 2 heterocycles. The minimum absolute atomic E-state index is 0.0230.